The minimum absolute atomic E-state index is 0.110. The van der Waals surface area contributed by atoms with Crippen molar-refractivity contribution in [1.29, 1.82) is 0 Å². The second-order valence-corrected chi connectivity index (χ2v) is 4.02. The third-order valence-electron chi connectivity index (χ3n) is 1.90. The number of hydrogen-bond acceptors (Lipinski definition) is 3. The molecule has 2 aromatic rings. The maximum Gasteiger partial charge on any atom is 0.270 e. The Morgan fingerprint density at radius 2 is 2.07 bits per heavy atom. The number of H-pyrrole nitrogens is 1. The summed E-state index contributed by atoms with van der Waals surface area (Å²) in [5.41, 5.74) is 0.451. The summed E-state index contributed by atoms with van der Waals surface area (Å²) in [7, 11) is 0. The van der Waals surface area contributed by atoms with Crippen LogP contribution in [-0.4, -0.2) is 9.97 Å². The molecule has 0 saturated carbocycles. The van der Waals surface area contributed by atoms with Crippen LogP contribution in [0.15, 0.2) is 52.4 Å². The maximum absolute atomic E-state index is 11.3. The zero-order chi connectivity index (χ0) is 10.5. The standard InChI is InChI=1S/C11H10N2OS/c14-11-10(12-6-7-13-11)8-15-9-4-2-1-3-5-9/h1-7H,8H2,(H,13,14). The van der Waals surface area contributed by atoms with Gasteiger partial charge in [-0.2, -0.15) is 0 Å². The number of aromatic amines is 1. The molecule has 0 unspecified atom stereocenters. The number of nitrogens with zero attached hydrogens (tertiary/aromatic N) is 1. The predicted molar refractivity (Wildman–Crippen MR) is 60.9 cm³/mol. The third-order valence-corrected chi connectivity index (χ3v) is 2.92. The van der Waals surface area contributed by atoms with Crippen LogP contribution in [0.5, 0.6) is 0 Å². The summed E-state index contributed by atoms with van der Waals surface area (Å²) in [6.07, 6.45) is 3.14. The van der Waals surface area contributed by atoms with Crippen molar-refractivity contribution >= 4 is 11.8 Å². The van der Waals surface area contributed by atoms with E-state index in [0.29, 0.717) is 11.4 Å². The lowest BCUT2D eigenvalue weighted by Crippen LogP contribution is -2.12. The number of aromatic nitrogens is 2. The topological polar surface area (TPSA) is 45.8 Å². The minimum atomic E-state index is -0.110. The summed E-state index contributed by atoms with van der Waals surface area (Å²) < 4.78 is 0. The smallest absolute Gasteiger partial charge is 0.270 e. The van der Waals surface area contributed by atoms with Crippen LogP contribution < -0.4 is 5.56 Å². The van der Waals surface area contributed by atoms with Gasteiger partial charge in [0.2, 0.25) is 0 Å². The number of nitrogens with one attached hydrogen (secondary N) is 1. The van der Waals surface area contributed by atoms with Gasteiger partial charge in [0.25, 0.3) is 5.56 Å². The molecule has 0 radical (unpaired) electrons. The Morgan fingerprint density at radius 1 is 1.27 bits per heavy atom. The Kier molecular flexibility index (Phi) is 3.19. The van der Waals surface area contributed by atoms with Crippen LogP contribution >= 0.6 is 11.8 Å². The van der Waals surface area contributed by atoms with Crippen LogP contribution in [0.3, 0.4) is 0 Å². The molecule has 0 spiro atoms. The molecule has 1 aromatic heterocycles. The molecule has 3 nitrogen and oxygen atoms in total. The number of hydrogen-bond donors (Lipinski definition) is 1. The van der Waals surface area contributed by atoms with E-state index in [-0.39, 0.29) is 5.56 Å². The highest BCUT2D eigenvalue weighted by Crippen LogP contribution is 2.19. The molecule has 0 aliphatic rings. The molecule has 0 aliphatic carbocycles. The number of benzene rings is 1. The molecule has 4 heteroatoms. The molecule has 76 valence electrons. The second kappa shape index (κ2) is 4.79. The van der Waals surface area contributed by atoms with Gasteiger partial charge in [-0.15, -0.1) is 11.8 Å². The molecule has 15 heavy (non-hydrogen) atoms. The van der Waals surface area contributed by atoms with Crippen LogP contribution in [0.25, 0.3) is 0 Å². The molecular formula is C11H10N2OS. The van der Waals surface area contributed by atoms with E-state index in [1.807, 2.05) is 30.3 Å². The van der Waals surface area contributed by atoms with Crippen molar-refractivity contribution in [2.45, 2.75) is 10.6 Å². The summed E-state index contributed by atoms with van der Waals surface area (Å²) in [5, 5.41) is 0. The van der Waals surface area contributed by atoms with Gasteiger partial charge >= 0.3 is 0 Å². The van der Waals surface area contributed by atoms with Crippen molar-refractivity contribution in [3.8, 4) is 0 Å². The highest BCUT2D eigenvalue weighted by atomic mass is 32.2. The summed E-state index contributed by atoms with van der Waals surface area (Å²) in [5.74, 6) is 0.597. The molecular weight excluding hydrogens is 208 g/mol. The first-order valence-electron chi connectivity index (χ1n) is 4.56. The molecule has 0 bridgehead atoms. The average molecular weight is 218 g/mol. The Morgan fingerprint density at radius 3 is 2.80 bits per heavy atom. The van der Waals surface area contributed by atoms with E-state index in [4.69, 9.17) is 0 Å². The Balaban J connectivity index is 2.06. The summed E-state index contributed by atoms with van der Waals surface area (Å²) in [6, 6.07) is 9.96. The van der Waals surface area contributed by atoms with E-state index in [1.54, 1.807) is 24.2 Å². The molecule has 2 rings (SSSR count). The summed E-state index contributed by atoms with van der Waals surface area (Å²) in [4.78, 5) is 19.1. The molecule has 0 aliphatic heterocycles. The third kappa shape index (κ3) is 2.70. The minimum Gasteiger partial charge on any atom is -0.326 e. The molecule has 1 aromatic carbocycles. The van der Waals surface area contributed by atoms with Gasteiger partial charge in [0.15, 0.2) is 0 Å². The Bertz CT molecular complexity index is 481. The zero-order valence-corrected chi connectivity index (χ0v) is 8.83. The molecule has 1 heterocycles. The van der Waals surface area contributed by atoms with E-state index >= 15 is 0 Å². The van der Waals surface area contributed by atoms with Gasteiger partial charge in [0.05, 0.1) is 0 Å². The highest BCUT2D eigenvalue weighted by Gasteiger charge is 2.00. The van der Waals surface area contributed by atoms with Crippen LogP contribution in [-0.2, 0) is 5.75 Å². The second-order valence-electron chi connectivity index (χ2n) is 2.97. The predicted octanol–water partition coefficient (Wildman–Crippen LogP) is 2.06. The van der Waals surface area contributed by atoms with E-state index in [1.165, 1.54) is 0 Å². The van der Waals surface area contributed by atoms with E-state index < -0.39 is 0 Å². The van der Waals surface area contributed by atoms with Gasteiger partial charge in [0.1, 0.15) is 5.69 Å². The van der Waals surface area contributed by atoms with E-state index in [0.717, 1.165) is 4.90 Å². The Hall–Kier alpha value is -1.55. The van der Waals surface area contributed by atoms with Crippen molar-refractivity contribution in [1.82, 2.24) is 9.97 Å². The van der Waals surface area contributed by atoms with E-state index in [9.17, 15) is 4.79 Å². The maximum atomic E-state index is 11.3. The fraction of sp³-hybridized carbons (Fsp3) is 0.0909. The molecule has 0 saturated heterocycles. The first-order chi connectivity index (χ1) is 7.36. The van der Waals surface area contributed by atoms with Gasteiger partial charge in [-0.3, -0.25) is 9.78 Å². The fourth-order valence-electron chi connectivity index (χ4n) is 1.15. The lowest BCUT2D eigenvalue weighted by atomic mass is 10.4. The first-order valence-corrected chi connectivity index (χ1v) is 5.55. The summed E-state index contributed by atoms with van der Waals surface area (Å²) in [6.45, 7) is 0. The average Bonchev–Trinajstić information content (AvgIpc) is 2.29. The van der Waals surface area contributed by atoms with Crippen molar-refractivity contribution in [2.75, 3.05) is 0 Å². The van der Waals surface area contributed by atoms with Crippen LogP contribution in [0.2, 0.25) is 0 Å². The largest absolute Gasteiger partial charge is 0.326 e. The van der Waals surface area contributed by atoms with Crippen molar-refractivity contribution in [3.05, 3.63) is 58.8 Å². The molecule has 0 atom stereocenters. The van der Waals surface area contributed by atoms with Crippen molar-refractivity contribution < 1.29 is 0 Å². The van der Waals surface area contributed by atoms with Crippen LogP contribution in [0, 0.1) is 0 Å². The highest BCUT2D eigenvalue weighted by molar-refractivity contribution is 7.98. The van der Waals surface area contributed by atoms with Crippen molar-refractivity contribution in [3.63, 3.8) is 0 Å². The summed E-state index contributed by atoms with van der Waals surface area (Å²) >= 11 is 1.61. The van der Waals surface area contributed by atoms with Gasteiger partial charge in [-0.05, 0) is 12.1 Å². The van der Waals surface area contributed by atoms with Crippen LogP contribution in [0.1, 0.15) is 5.69 Å². The van der Waals surface area contributed by atoms with Gasteiger partial charge < -0.3 is 4.98 Å². The van der Waals surface area contributed by atoms with Crippen LogP contribution in [0.4, 0.5) is 0 Å². The number of thioether (sulfide) groups is 1. The normalized spacial score (nSPS) is 10.1. The monoisotopic (exact) mass is 218 g/mol. The molecule has 0 amide bonds. The van der Waals surface area contributed by atoms with E-state index in [2.05, 4.69) is 9.97 Å². The SMILES string of the molecule is O=c1[nH]ccnc1CSc1ccccc1. The molecule has 1 N–H and O–H groups in total. The zero-order valence-electron chi connectivity index (χ0n) is 8.01. The molecule has 0 fully saturated rings. The quantitative estimate of drug-likeness (QED) is 0.802. The van der Waals surface area contributed by atoms with Gasteiger partial charge in [0, 0.05) is 23.0 Å². The lowest BCUT2D eigenvalue weighted by molar-refractivity contribution is 1.05. The van der Waals surface area contributed by atoms with Gasteiger partial charge in [-0.25, -0.2) is 0 Å². The van der Waals surface area contributed by atoms with Crippen molar-refractivity contribution in [2.24, 2.45) is 0 Å². The number of rotatable bonds is 3. The first kappa shape index (κ1) is 9.98. The Labute approximate surface area is 91.6 Å². The van der Waals surface area contributed by atoms with Gasteiger partial charge in [-0.1, -0.05) is 18.2 Å². The fourth-order valence-corrected chi connectivity index (χ4v) is 2.01. The lowest BCUT2D eigenvalue weighted by Gasteiger charge is -1.99.